The van der Waals surface area contributed by atoms with Crippen LogP contribution in [-0.4, -0.2) is 12.1 Å². The lowest BCUT2D eigenvalue weighted by molar-refractivity contribution is -0.146. The Morgan fingerprint density at radius 1 is 1.20 bits per heavy atom. The monoisotopic (exact) mass is 280 g/mol. The number of allylic oxidation sites excluding steroid dienone is 2. The van der Waals surface area contributed by atoms with E-state index in [-0.39, 0.29) is 12.1 Å². The Balaban J connectivity index is 4.10. The van der Waals surface area contributed by atoms with Crippen molar-refractivity contribution in [3.8, 4) is 0 Å². The number of hydrogen-bond acceptors (Lipinski definition) is 2. The summed E-state index contributed by atoms with van der Waals surface area (Å²) < 4.78 is 5.47. The van der Waals surface area contributed by atoms with E-state index in [0.29, 0.717) is 11.5 Å². The molecule has 0 aromatic heterocycles. The molecule has 2 atom stereocenters. The van der Waals surface area contributed by atoms with Crippen LogP contribution in [0.3, 0.4) is 0 Å². The molecule has 0 spiro atoms. The van der Waals surface area contributed by atoms with E-state index >= 15 is 0 Å². The van der Waals surface area contributed by atoms with Crippen LogP contribution in [0.25, 0.3) is 0 Å². The third kappa shape index (κ3) is 8.95. The Labute approximate surface area is 125 Å². The molecule has 0 bridgehead atoms. The van der Waals surface area contributed by atoms with Crippen molar-refractivity contribution in [3.05, 3.63) is 24.3 Å². The maximum Gasteiger partial charge on any atom is 0.333 e. The fourth-order valence-corrected chi connectivity index (χ4v) is 2.30. The topological polar surface area (TPSA) is 26.3 Å². The molecule has 0 aromatic rings. The summed E-state index contributed by atoms with van der Waals surface area (Å²) in [6.07, 6.45) is 12.6. The van der Waals surface area contributed by atoms with Crippen LogP contribution in [0.1, 0.15) is 72.6 Å². The van der Waals surface area contributed by atoms with E-state index in [1.165, 1.54) is 12.8 Å². The molecule has 0 aliphatic rings. The molecule has 116 valence electrons. The first-order chi connectivity index (χ1) is 9.52. The van der Waals surface area contributed by atoms with Gasteiger partial charge in [-0.3, -0.25) is 0 Å². The van der Waals surface area contributed by atoms with Crippen molar-refractivity contribution in [3.63, 3.8) is 0 Å². The highest BCUT2D eigenvalue weighted by atomic mass is 16.5. The Hall–Kier alpha value is -1.05. The average molecular weight is 280 g/mol. The summed E-state index contributed by atoms with van der Waals surface area (Å²) >= 11 is 0. The molecule has 0 radical (unpaired) electrons. The van der Waals surface area contributed by atoms with Gasteiger partial charge in [0, 0.05) is 5.57 Å². The second-order valence-corrected chi connectivity index (χ2v) is 5.60. The maximum absolute atomic E-state index is 11.6. The van der Waals surface area contributed by atoms with E-state index in [1.54, 1.807) is 6.92 Å². The highest BCUT2D eigenvalue weighted by Gasteiger charge is 2.20. The summed E-state index contributed by atoms with van der Waals surface area (Å²) in [5, 5.41) is 0. The lowest BCUT2D eigenvalue weighted by Gasteiger charge is -2.23. The standard InChI is InChI=1S/C18H32O2/c1-6-8-9-10-11-12-14-17(13-7-2)16(5)20-18(19)15(3)4/h8-9,16-17H,3,6-7,10-14H2,1-2,4-5H3. The van der Waals surface area contributed by atoms with Gasteiger partial charge in [-0.1, -0.05) is 45.4 Å². The summed E-state index contributed by atoms with van der Waals surface area (Å²) in [4.78, 5) is 11.6. The number of rotatable bonds is 11. The Morgan fingerprint density at radius 3 is 2.45 bits per heavy atom. The number of ether oxygens (including phenoxy) is 1. The molecule has 0 saturated heterocycles. The average Bonchev–Trinajstić information content (AvgIpc) is 2.41. The van der Waals surface area contributed by atoms with Crippen LogP contribution in [0.2, 0.25) is 0 Å². The van der Waals surface area contributed by atoms with Crippen molar-refractivity contribution >= 4 is 5.97 Å². The van der Waals surface area contributed by atoms with Gasteiger partial charge >= 0.3 is 5.97 Å². The number of unbranched alkanes of at least 4 members (excludes halogenated alkanes) is 2. The van der Waals surface area contributed by atoms with Gasteiger partial charge in [-0.2, -0.15) is 0 Å². The molecular weight excluding hydrogens is 248 g/mol. The Kier molecular flexibility index (Phi) is 11.1. The van der Waals surface area contributed by atoms with Crippen LogP contribution in [-0.2, 0) is 9.53 Å². The fraction of sp³-hybridized carbons (Fsp3) is 0.722. The minimum absolute atomic E-state index is 0.00895. The lowest BCUT2D eigenvalue weighted by atomic mass is 9.92. The summed E-state index contributed by atoms with van der Waals surface area (Å²) in [7, 11) is 0. The van der Waals surface area contributed by atoms with E-state index in [1.807, 2.05) is 6.92 Å². The van der Waals surface area contributed by atoms with Gasteiger partial charge in [0.2, 0.25) is 0 Å². The SMILES string of the molecule is C=C(C)C(=O)OC(C)C(CCC)CCCCC=CCC. The number of esters is 1. The molecule has 20 heavy (non-hydrogen) atoms. The number of hydrogen-bond donors (Lipinski definition) is 0. The third-order valence-electron chi connectivity index (χ3n) is 3.56. The van der Waals surface area contributed by atoms with Gasteiger partial charge in [0.25, 0.3) is 0 Å². The van der Waals surface area contributed by atoms with Gasteiger partial charge in [-0.25, -0.2) is 4.79 Å². The first-order valence-corrected chi connectivity index (χ1v) is 8.04. The van der Waals surface area contributed by atoms with E-state index in [2.05, 4.69) is 32.6 Å². The first-order valence-electron chi connectivity index (χ1n) is 8.04. The molecule has 2 unspecified atom stereocenters. The smallest absolute Gasteiger partial charge is 0.333 e. The molecule has 0 fully saturated rings. The number of carbonyl (C=O) groups excluding carboxylic acids is 1. The van der Waals surface area contributed by atoms with Gasteiger partial charge < -0.3 is 4.74 Å². The summed E-state index contributed by atoms with van der Waals surface area (Å²) in [5.74, 6) is 0.211. The van der Waals surface area contributed by atoms with Crippen molar-refractivity contribution < 1.29 is 9.53 Å². The van der Waals surface area contributed by atoms with Gasteiger partial charge in [0.1, 0.15) is 6.10 Å². The van der Waals surface area contributed by atoms with Crippen molar-refractivity contribution in [2.24, 2.45) is 5.92 Å². The number of carbonyl (C=O) groups is 1. The van der Waals surface area contributed by atoms with Crippen LogP contribution in [0.15, 0.2) is 24.3 Å². The van der Waals surface area contributed by atoms with Crippen LogP contribution in [0.5, 0.6) is 0 Å². The minimum atomic E-state index is -0.260. The quantitative estimate of drug-likeness (QED) is 0.218. The zero-order valence-corrected chi connectivity index (χ0v) is 13.8. The molecule has 0 rings (SSSR count). The zero-order valence-electron chi connectivity index (χ0n) is 13.8. The predicted octanol–water partition coefficient (Wildman–Crippen LogP) is 5.44. The summed E-state index contributed by atoms with van der Waals surface area (Å²) in [5.41, 5.74) is 0.483. The molecule has 0 aliphatic carbocycles. The predicted molar refractivity (Wildman–Crippen MR) is 86.7 cm³/mol. The van der Waals surface area contributed by atoms with Gasteiger partial charge in [0.05, 0.1) is 0 Å². The molecule has 0 amide bonds. The van der Waals surface area contributed by atoms with Crippen molar-refractivity contribution in [1.82, 2.24) is 0 Å². The zero-order chi connectivity index (χ0) is 15.4. The molecule has 2 nitrogen and oxygen atoms in total. The third-order valence-corrected chi connectivity index (χ3v) is 3.56. The van der Waals surface area contributed by atoms with Gasteiger partial charge in [-0.05, 0) is 51.9 Å². The second kappa shape index (κ2) is 11.7. The molecule has 0 saturated carbocycles. The highest BCUT2D eigenvalue weighted by Crippen LogP contribution is 2.22. The van der Waals surface area contributed by atoms with E-state index in [4.69, 9.17) is 4.74 Å². The summed E-state index contributed by atoms with van der Waals surface area (Å²) in [6.45, 7) is 11.7. The highest BCUT2D eigenvalue weighted by molar-refractivity contribution is 5.87. The van der Waals surface area contributed by atoms with E-state index in [0.717, 1.165) is 32.1 Å². The molecular formula is C18H32O2. The van der Waals surface area contributed by atoms with Crippen molar-refractivity contribution in [2.75, 3.05) is 0 Å². The Morgan fingerprint density at radius 2 is 1.90 bits per heavy atom. The minimum Gasteiger partial charge on any atom is -0.459 e. The normalized spacial score (nSPS) is 14.2. The fourth-order valence-electron chi connectivity index (χ4n) is 2.30. The molecule has 0 aliphatic heterocycles. The summed E-state index contributed by atoms with van der Waals surface area (Å²) in [6, 6.07) is 0. The van der Waals surface area contributed by atoms with E-state index < -0.39 is 0 Å². The van der Waals surface area contributed by atoms with Crippen LogP contribution < -0.4 is 0 Å². The first kappa shape index (κ1) is 18.9. The van der Waals surface area contributed by atoms with Gasteiger partial charge in [-0.15, -0.1) is 0 Å². The largest absolute Gasteiger partial charge is 0.459 e. The van der Waals surface area contributed by atoms with Crippen LogP contribution >= 0.6 is 0 Å². The van der Waals surface area contributed by atoms with Crippen molar-refractivity contribution in [2.45, 2.75) is 78.7 Å². The maximum atomic E-state index is 11.6. The Bertz CT molecular complexity index is 305. The molecule has 0 heterocycles. The van der Waals surface area contributed by atoms with Crippen molar-refractivity contribution in [1.29, 1.82) is 0 Å². The van der Waals surface area contributed by atoms with Crippen LogP contribution in [0, 0.1) is 5.92 Å². The molecule has 0 aromatic carbocycles. The van der Waals surface area contributed by atoms with Gasteiger partial charge in [0.15, 0.2) is 0 Å². The van der Waals surface area contributed by atoms with Crippen LogP contribution in [0.4, 0.5) is 0 Å². The molecule has 2 heteroatoms. The lowest BCUT2D eigenvalue weighted by Crippen LogP contribution is -2.24. The van der Waals surface area contributed by atoms with E-state index in [9.17, 15) is 4.79 Å². The molecule has 0 N–H and O–H groups in total. The second-order valence-electron chi connectivity index (χ2n) is 5.60.